The van der Waals surface area contributed by atoms with Crippen LogP contribution in [0.25, 0.3) is 0 Å². The van der Waals surface area contributed by atoms with Gasteiger partial charge in [-0.25, -0.2) is 0 Å². The van der Waals surface area contributed by atoms with Gasteiger partial charge in [0.05, 0.1) is 13.7 Å². The molecule has 2 N–H and O–H groups in total. The van der Waals surface area contributed by atoms with Crippen molar-refractivity contribution < 1.29 is 9.84 Å². The Kier molecular flexibility index (Phi) is 5.83. The first-order chi connectivity index (χ1) is 8.90. The van der Waals surface area contributed by atoms with Gasteiger partial charge in [-0.1, -0.05) is 39.8 Å². The highest BCUT2D eigenvalue weighted by Crippen LogP contribution is 2.26. The van der Waals surface area contributed by atoms with Crippen LogP contribution in [0, 0.1) is 5.92 Å². The maximum atomic E-state index is 9.36. The molecule has 0 aliphatic carbocycles. The maximum absolute atomic E-state index is 9.36. The normalized spacial score (nSPS) is 13.6. The van der Waals surface area contributed by atoms with Crippen LogP contribution in [-0.2, 0) is 5.41 Å². The summed E-state index contributed by atoms with van der Waals surface area (Å²) in [5.74, 6) is 1.30. The van der Waals surface area contributed by atoms with Crippen LogP contribution in [0.4, 0.5) is 0 Å². The average Bonchev–Trinajstić information content (AvgIpc) is 2.39. The third-order valence-corrected chi connectivity index (χ3v) is 3.66. The molecule has 3 nitrogen and oxygen atoms in total. The van der Waals surface area contributed by atoms with E-state index in [0.29, 0.717) is 5.92 Å². The number of hydrogen-bond acceptors (Lipinski definition) is 3. The predicted molar refractivity (Wildman–Crippen MR) is 79.7 cm³/mol. The van der Waals surface area contributed by atoms with Crippen LogP contribution < -0.4 is 10.1 Å². The Hall–Kier alpha value is -1.06. The molecule has 0 saturated carbocycles. The zero-order valence-electron chi connectivity index (χ0n) is 12.7. The van der Waals surface area contributed by atoms with E-state index < -0.39 is 0 Å². The molecular formula is C16H27NO2. The first-order valence-electron chi connectivity index (χ1n) is 6.89. The van der Waals surface area contributed by atoms with Crippen LogP contribution in [0.1, 0.15) is 33.3 Å². The van der Waals surface area contributed by atoms with E-state index in [1.165, 1.54) is 5.56 Å². The Morgan fingerprint density at radius 1 is 1.32 bits per heavy atom. The second kappa shape index (κ2) is 6.92. The van der Waals surface area contributed by atoms with Crippen LogP contribution >= 0.6 is 0 Å². The van der Waals surface area contributed by atoms with E-state index in [2.05, 4.69) is 45.1 Å². The van der Waals surface area contributed by atoms with E-state index in [1.807, 2.05) is 12.1 Å². The summed E-state index contributed by atoms with van der Waals surface area (Å²) in [5, 5.41) is 12.8. The molecule has 108 valence electrons. The van der Waals surface area contributed by atoms with Gasteiger partial charge in [0.15, 0.2) is 0 Å². The lowest BCUT2D eigenvalue weighted by Gasteiger charge is -2.30. The smallest absolute Gasteiger partial charge is 0.119 e. The topological polar surface area (TPSA) is 41.5 Å². The van der Waals surface area contributed by atoms with Crippen molar-refractivity contribution in [3.63, 3.8) is 0 Å². The van der Waals surface area contributed by atoms with Gasteiger partial charge in [-0.15, -0.1) is 0 Å². The molecule has 0 saturated heterocycles. The minimum Gasteiger partial charge on any atom is -0.497 e. The Morgan fingerprint density at radius 2 is 2.00 bits per heavy atom. The van der Waals surface area contributed by atoms with Gasteiger partial charge in [-0.05, 0) is 23.6 Å². The van der Waals surface area contributed by atoms with Crippen LogP contribution in [0.15, 0.2) is 24.3 Å². The van der Waals surface area contributed by atoms with Gasteiger partial charge in [-0.2, -0.15) is 0 Å². The SMILES string of the molecule is COc1cccc(C(C)(C)CNC(CO)C(C)C)c1. The summed E-state index contributed by atoms with van der Waals surface area (Å²) in [6, 6.07) is 8.31. The minimum absolute atomic E-state index is 0.00313. The molecule has 0 aliphatic rings. The van der Waals surface area contributed by atoms with Crippen molar-refractivity contribution in [2.24, 2.45) is 5.92 Å². The molecule has 0 amide bonds. The van der Waals surface area contributed by atoms with E-state index in [9.17, 15) is 5.11 Å². The van der Waals surface area contributed by atoms with Crippen molar-refractivity contribution in [3.8, 4) is 5.75 Å². The average molecular weight is 265 g/mol. The number of ether oxygens (including phenoxy) is 1. The zero-order valence-corrected chi connectivity index (χ0v) is 12.7. The Morgan fingerprint density at radius 3 is 2.53 bits per heavy atom. The fourth-order valence-corrected chi connectivity index (χ4v) is 2.04. The van der Waals surface area contributed by atoms with Gasteiger partial charge >= 0.3 is 0 Å². The van der Waals surface area contributed by atoms with E-state index in [-0.39, 0.29) is 18.1 Å². The molecule has 0 aliphatic heterocycles. The van der Waals surface area contributed by atoms with Gasteiger partial charge < -0.3 is 15.2 Å². The standard InChI is InChI=1S/C16H27NO2/c1-12(2)15(10-18)17-11-16(3,4)13-7-6-8-14(9-13)19-5/h6-9,12,15,17-18H,10-11H2,1-5H3. The summed E-state index contributed by atoms with van der Waals surface area (Å²) >= 11 is 0. The van der Waals surface area contributed by atoms with Crippen molar-refractivity contribution in [1.29, 1.82) is 0 Å². The number of aliphatic hydroxyl groups excluding tert-OH is 1. The van der Waals surface area contributed by atoms with Gasteiger partial charge in [0.2, 0.25) is 0 Å². The highest BCUT2D eigenvalue weighted by Gasteiger charge is 2.23. The monoisotopic (exact) mass is 265 g/mol. The minimum atomic E-state index is -0.00313. The summed E-state index contributed by atoms with van der Waals surface area (Å²) in [4.78, 5) is 0. The summed E-state index contributed by atoms with van der Waals surface area (Å²) in [6.07, 6.45) is 0. The molecule has 1 aromatic carbocycles. The lowest BCUT2D eigenvalue weighted by Crippen LogP contribution is -2.43. The third-order valence-electron chi connectivity index (χ3n) is 3.66. The first kappa shape index (κ1) is 16.0. The first-order valence-corrected chi connectivity index (χ1v) is 6.89. The largest absolute Gasteiger partial charge is 0.497 e. The molecule has 1 rings (SSSR count). The number of aliphatic hydroxyl groups is 1. The Balaban J connectivity index is 2.74. The molecule has 0 bridgehead atoms. The second-order valence-electron chi connectivity index (χ2n) is 6.03. The number of hydrogen-bond donors (Lipinski definition) is 2. The van der Waals surface area contributed by atoms with Crippen LogP contribution in [0.5, 0.6) is 5.75 Å². The molecule has 0 aromatic heterocycles. The number of methoxy groups -OCH3 is 1. The Labute approximate surface area is 117 Å². The van der Waals surface area contributed by atoms with Gasteiger partial charge in [0.25, 0.3) is 0 Å². The summed E-state index contributed by atoms with van der Waals surface area (Å²) in [6.45, 7) is 9.63. The van der Waals surface area contributed by atoms with E-state index >= 15 is 0 Å². The van der Waals surface area contributed by atoms with Crippen LogP contribution in [0.2, 0.25) is 0 Å². The second-order valence-corrected chi connectivity index (χ2v) is 6.03. The third kappa shape index (κ3) is 4.51. The number of benzene rings is 1. The van der Waals surface area contributed by atoms with Crippen LogP contribution in [-0.4, -0.2) is 31.4 Å². The van der Waals surface area contributed by atoms with E-state index in [4.69, 9.17) is 4.74 Å². The molecule has 19 heavy (non-hydrogen) atoms. The fraction of sp³-hybridized carbons (Fsp3) is 0.625. The van der Waals surface area contributed by atoms with E-state index in [1.54, 1.807) is 7.11 Å². The molecule has 3 heteroatoms. The molecule has 0 spiro atoms. The lowest BCUT2D eigenvalue weighted by atomic mass is 9.84. The van der Waals surface area contributed by atoms with Gasteiger partial charge in [0.1, 0.15) is 5.75 Å². The van der Waals surface area contributed by atoms with Crippen molar-refractivity contribution in [1.82, 2.24) is 5.32 Å². The van der Waals surface area contributed by atoms with Crippen molar-refractivity contribution in [3.05, 3.63) is 29.8 Å². The highest BCUT2D eigenvalue weighted by atomic mass is 16.5. The lowest BCUT2D eigenvalue weighted by molar-refractivity contribution is 0.204. The highest BCUT2D eigenvalue weighted by molar-refractivity contribution is 5.33. The molecule has 1 unspecified atom stereocenters. The number of nitrogens with one attached hydrogen (secondary N) is 1. The Bertz CT molecular complexity index is 388. The molecule has 0 radical (unpaired) electrons. The van der Waals surface area contributed by atoms with Gasteiger partial charge in [0, 0.05) is 18.0 Å². The summed E-state index contributed by atoms with van der Waals surface area (Å²) in [5.41, 5.74) is 1.23. The predicted octanol–water partition coefficient (Wildman–Crippen LogP) is 2.58. The van der Waals surface area contributed by atoms with Crippen molar-refractivity contribution in [2.45, 2.75) is 39.2 Å². The zero-order chi connectivity index (χ0) is 14.5. The quantitative estimate of drug-likeness (QED) is 0.796. The molecule has 0 fully saturated rings. The van der Waals surface area contributed by atoms with Gasteiger partial charge in [-0.3, -0.25) is 0 Å². The van der Waals surface area contributed by atoms with Crippen molar-refractivity contribution in [2.75, 3.05) is 20.3 Å². The molecule has 1 atom stereocenters. The molecule has 1 aromatic rings. The summed E-state index contributed by atoms with van der Waals surface area (Å²) in [7, 11) is 1.69. The molecular weight excluding hydrogens is 238 g/mol. The maximum Gasteiger partial charge on any atom is 0.119 e. The van der Waals surface area contributed by atoms with Crippen molar-refractivity contribution >= 4 is 0 Å². The summed E-state index contributed by atoms with van der Waals surface area (Å²) < 4.78 is 5.27. The molecule has 0 heterocycles. The van der Waals surface area contributed by atoms with Crippen LogP contribution in [0.3, 0.4) is 0 Å². The van der Waals surface area contributed by atoms with E-state index in [0.717, 1.165) is 12.3 Å². The fourth-order valence-electron chi connectivity index (χ4n) is 2.04. The number of rotatable bonds is 7.